The molecule has 17 heavy (non-hydrogen) atoms. The molecule has 0 saturated heterocycles. The molecule has 0 aliphatic heterocycles. The van der Waals surface area contributed by atoms with E-state index in [1.807, 2.05) is 24.5 Å². The van der Waals surface area contributed by atoms with Crippen molar-refractivity contribution >= 4 is 10.9 Å². The molecule has 2 aromatic heterocycles. The van der Waals surface area contributed by atoms with Gasteiger partial charge in [0.05, 0.1) is 0 Å². The van der Waals surface area contributed by atoms with Gasteiger partial charge in [-0.3, -0.25) is 0 Å². The Morgan fingerprint density at radius 2 is 1.71 bits per heavy atom. The first kappa shape index (κ1) is 10.2. The van der Waals surface area contributed by atoms with Crippen LogP contribution in [0.3, 0.4) is 0 Å². The molecule has 2 heterocycles. The number of rotatable bonds is 1. The maximum absolute atomic E-state index is 3.20. The number of nitrogens with one attached hydrogen (secondary N) is 2. The minimum atomic E-state index is 0.880. The van der Waals surface area contributed by atoms with E-state index in [2.05, 4.69) is 40.3 Å². The molecule has 0 atom stereocenters. The fourth-order valence-electron chi connectivity index (χ4n) is 1.99. The molecule has 86 valence electrons. The number of H-pyrrole nitrogens is 2. The van der Waals surface area contributed by atoms with Gasteiger partial charge in [-0.15, -0.1) is 0 Å². The molecule has 2 nitrogen and oxygen atoms in total. The summed E-state index contributed by atoms with van der Waals surface area (Å²) in [6, 6.07) is 14.5. The second kappa shape index (κ2) is 4.50. The molecule has 1 saturated carbocycles. The number of aromatic nitrogens is 2. The molecule has 1 aliphatic rings. The molecular formula is C15H16N2. The Morgan fingerprint density at radius 3 is 2.41 bits per heavy atom. The van der Waals surface area contributed by atoms with Crippen molar-refractivity contribution in [2.45, 2.75) is 18.8 Å². The van der Waals surface area contributed by atoms with Gasteiger partial charge in [0.15, 0.2) is 0 Å². The van der Waals surface area contributed by atoms with E-state index in [1.165, 1.54) is 29.4 Å². The zero-order valence-electron chi connectivity index (χ0n) is 9.69. The smallest absolute Gasteiger partial charge is 0.0453 e. The Bertz CT molecular complexity index is 544. The Morgan fingerprint density at radius 1 is 0.824 bits per heavy atom. The summed E-state index contributed by atoms with van der Waals surface area (Å²) in [4.78, 5) is 6.32. The summed E-state index contributed by atoms with van der Waals surface area (Å²) in [7, 11) is 0. The van der Waals surface area contributed by atoms with Gasteiger partial charge >= 0.3 is 0 Å². The number of aromatic amines is 2. The highest BCUT2D eigenvalue weighted by Gasteiger charge is 2.23. The van der Waals surface area contributed by atoms with Crippen LogP contribution in [0.5, 0.6) is 0 Å². The summed E-state index contributed by atoms with van der Waals surface area (Å²) < 4.78 is 0. The largest absolute Gasteiger partial charge is 0.365 e. The molecule has 0 spiro atoms. The number of para-hydroxylation sites is 1. The molecule has 1 fully saturated rings. The van der Waals surface area contributed by atoms with Crippen LogP contribution in [-0.2, 0) is 0 Å². The van der Waals surface area contributed by atoms with Crippen LogP contribution in [0.1, 0.15) is 24.5 Å². The van der Waals surface area contributed by atoms with Crippen LogP contribution in [-0.4, -0.2) is 9.97 Å². The summed E-state index contributed by atoms with van der Waals surface area (Å²) >= 11 is 0. The van der Waals surface area contributed by atoms with Crippen molar-refractivity contribution < 1.29 is 0 Å². The lowest BCUT2D eigenvalue weighted by Gasteiger charge is -1.84. The van der Waals surface area contributed by atoms with E-state index in [-0.39, 0.29) is 0 Å². The van der Waals surface area contributed by atoms with Crippen molar-refractivity contribution in [1.82, 2.24) is 9.97 Å². The van der Waals surface area contributed by atoms with E-state index >= 15 is 0 Å². The van der Waals surface area contributed by atoms with Crippen LogP contribution in [0.25, 0.3) is 10.9 Å². The van der Waals surface area contributed by atoms with Crippen molar-refractivity contribution in [1.29, 1.82) is 0 Å². The maximum atomic E-state index is 3.20. The van der Waals surface area contributed by atoms with Gasteiger partial charge < -0.3 is 9.97 Å². The normalized spacial score (nSPS) is 14.4. The van der Waals surface area contributed by atoms with E-state index in [9.17, 15) is 0 Å². The summed E-state index contributed by atoms with van der Waals surface area (Å²) in [5.74, 6) is 0.880. The highest BCUT2D eigenvalue weighted by Crippen LogP contribution is 2.38. The molecule has 0 bridgehead atoms. The summed E-state index contributed by atoms with van der Waals surface area (Å²) in [6.07, 6.45) is 6.72. The average Bonchev–Trinajstić information content (AvgIpc) is 2.92. The standard InChI is InChI=1S/C8H7N.C7H9N/c1-2-4-8-7(3-1)5-6-9-8;1-2-7(8-5-1)6-3-4-6/h1-6,9H;1-2,5-6,8H,3-4H2. The van der Waals surface area contributed by atoms with Crippen molar-refractivity contribution in [3.05, 3.63) is 60.6 Å². The second-order valence-corrected chi connectivity index (χ2v) is 4.46. The predicted molar refractivity (Wildman–Crippen MR) is 71.1 cm³/mol. The molecule has 0 radical (unpaired) electrons. The van der Waals surface area contributed by atoms with E-state index in [1.54, 1.807) is 0 Å². The Kier molecular flexibility index (Phi) is 2.70. The van der Waals surface area contributed by atoms with Gasteiger partial charge in [0.25, 0.3) is 0 Å². The third kappa shape index (κ3) is 2.41. The Balaban J connectivity index is 0.000000107. The van der Waals surface area contributed by atoms with E-state index < -0.39 is 0 Å². The molecule has 2 N–H and O–H groups in total. The molecule has 0 amide bonds. The number of benzene rings is 1. The van der Waals surface area contributed by atoms with Gasteiger partial charge in [0.2, 0.25) is 0 Å². The molecule has 2 heteroatoms. The lowest BCUT2D eigenvalue weighted by atomic mass is 10.3. The highest BCUT2D eigenvalue weighted by molar-refractivity contribution is 5.78. The monoisotopic (exact) mass is 224 g/mol. The number of hydrogen-bond acceptors (Lipinski definition) is 0. The lowest BCUT2D eigenvalue weighted by molar-refractivity contribution is 1.05. The van der Waals surface area contributed by atoms with Gasteiger partial charge in [0.1, 0.15) is 0 Å². The average molecular weight is 224 g/mol. The first-order chi connectivity index (χ1) is 8.43. The van der Waals surface area contributed by atoms with Crippen LogP contribution in [0.2, 0.25) is 0 Å². The first-order valence-corrected chi connectivity index (χ1v) is 6.09. The molecule has 4 rings (SSSR count). The third-order valence-electron chi connectivity index (χ3n) is 3.10. The first-order valence-electron chi connectivity index (χ1n) is 6.09. The quantitative estimate of drug-likeness (QED) is 0.624. The Labute approximate surface area is 101 Å². The van der Waals surface area contributed by atoms with Gasteiger partial charge in [0, 0.05) is 23.6 Å². The predicted octanol–water partition coefficient (Wildman–Crippen LogP) is 4.06. The zero-order valence-corrected chi connectivity index (χ0v) is 9.69. The van der Waals surface area contributed by atoms with Crippen LogP contribution < -0.4 is 0 Å². The van der Waals surface area contributed by atoms with Crippen LogP contribution >= 0.6 is 0 Å². The van der Waals surface area contributed by atoms with Crippen LogP contribution in [0.4, 0.5) is 0 Å². The highest BCUT2D eigenvalue weighted by atomic mass is 14.7. The van der Waals surface area contributed by atoms with Crippen molar-refractivity contribution in [2.75, 3.05) is 0 Å². The molecular weight excluding hydrogens is 208 g/mol. The van der Waals surface area contributed by atoms with E-state index in [0.29, 0.717) is 0 Å². The van der Waals surface area contributed by atoms with Crippen LogP contribution in [0.15, 0.2) is 54.9 Å². The zero-order chi connectivity index (χ0) is 11.5. The maximum Gasteiger partial charge on any atom is 0.0453 e. The number of fused-ring (bicyclic) bond motifs is 1. The molecule has 3 aromatic rings. The topological polar surface area (TPSA) is 31.6 Å². The minimum absolute atomic E-state index is 0.880. The van der Waals surface area contributed by atoms with E-state index in [4.69, 9.17) is 0 Å². The van der Waals surface area contributed by atoms with Crippen molar-refractivity contribution in [3.8, 4) is 0 Å². The summed E-state index contributed by atoms with van der Waals surface area (Å²) in [5, 5.41) is 1.28. The summed E-state index contributed by atoms with van der Waals surface area (Å²) in [5.41, 5.74) is 2.63. The van der Waals surface area contributed by atoms with Crippen molar-refractivity contribution in [2.24, 2.45) is 0 Å². The minimum Gasteiger partial charge on any atom is -0.365 e. The van der Waals surface area contributed by atoms with Crippen molar-refractivity contribution in [3.63, 3.8) is 0 Å². The van der Waals surface area contributed by atoms with Crippen LogP contribution in [0, 0.1) is 0 Å². The second-order valence-electron chi connectivity index (χ2n) is 4.46. The molecule has 1 aromatic carbocycles. The fraction of sp³-hybridized carbons (Fsp3) is 0.200. The number of hydrogen-bond donors (Lipinski definition) is 2. The molecule has 1 aliphatic carbocycles. The molecule has 0 unspecified atom stereocenters. The summed E-state index contributed by atoms with van der Waals surface area (Å²) in [6.45, 7) is 0. The van der Waals surface area contributed by atoms with Gasteiger partial charge in [-0.1, -0.05) is 18.2 Å². The van der Waals surface area contributed by atoms with Gasteiger partial charge in [-0.25, -0.2) is 0 Å². The third-order valence-corrected chi connectivity index (χ3v) is 3.10. The Hall–Kier alpha value is -1.96. The van der Waals surface area contributed by atoms with E-state index in [0.717, 1.165) is 5.92 Å². The van der Waals surface area contributed by atoms with Gasteiger partial charge in [-0.2, -0.15) is 0 Å². The van der Waals surface area contributed by atoms with Gasteiger partial charge in [-0.05, 0) is 48.4 Å². The SMILES string of the molecule is c1c[nH]c(C2CC2)c1.c1ccc2[nH]ccc2c1. The fourth-order valence-corrected chi connectivity index (χ4v) is 1.99. The lowest BCUT2D eigenvalue weighted by Crippen LogP contribution is -1.73.